The topological polar surface area (TPSA) is 67.9 Å². The van der Waals surface area contributed by atoms with Crippen molar-refractivity contribution in [3.63, 3.8) is 0 Å². The molecule has 0 fully saturated rings. The third kappa shape index (κ3) is 9.93. The molecule has 0 saturated carbocycles. The van der Waals surface area contributed by atoms with Crippen LogP contribution in [0.4, 0.5) is 19.3 Å². The standard InChI is InChI=1S/C28H38F2N2O4/c1-4-6-7-8-9-17-32(28(34)31-25-15-14-23(29)20-24(25)30)18-16-21-10-12-22(13-11-21)19-26(36-5-2)27(33)35-3/h10-15,20,26H,4-9,16-19H2,1-3H3,(H,31,34). The summed E-state index contributed by atoms with van der Waals surface area (Å²) < 4.78 is 37.6. The number of ether oxygens (including phenoxy) is 2. The quantitative estimate of drug-likeness (QED) is 0.234. The minimum atomic E-state index is -0.806. The highest BCUT2D eigenvalue weighted by molar-refractivity contribution is 5.89. The van der Waals surface area contributed by atoms with Gasteiger partial charge in [-0.25, -0.2) is 18.4 Å². The van der Waals surface area contributed by atoms with E-state index < -0.39 is 29.7 Å². The van der Waals surface area contributed by atoms with Crippen LogP contribution in [0.2, 0.25) is 0 Å². The van der Waals surface area contributed by atoms with Gasteiger partial charge >= 0.3 is 12.0 Å². The number of esters is 1. The molecule has 1 N–H and O–H groups in total. The number of methoxy groups -OCH3 is 1. The first kappa shape index (κ1) is 29.2. The van der Waals surface area contributed by atoms with Gasteiger partial charge in [0.25, 0.3) is 0 Å². The molecule has 0 radical (unpaired) electrons. The molecule has 6 nitrogen and oxygen atoms in total. The van der Waals surface area contributed by atoms with Crippen LogP contribution < -0.4 is 5.32 Å². The number of rotatable bonds is 15. The van der Waals surface area contributed by atoms with Gasteiger partial charge in [0, 0.05) is 32.2 Å². The van der Waals surface area contributed by atoms with Crippen molar-refractivity contribution in [3.05, 3.63) is 65.2 Å². The Bertz CT molecular complexity index is 953. The van der Waals surface area contributed by atoms with E-state index in [-0.39, 0.29) is 5.69 Å². The Balaban J connectivity index is 2.00. The molecule has 0 spiro atoms. The van der Waals surface area contributed by atoms with E-state index in [1.54, 1.807) is 4.90 Å². The molecule has 2 aromatic carbocycles. The van der Waals surface area contributed by atoms with Gasteiger partial charge in [0.15, 0.2) is 6.10 Å². The Morgan fingerprint density at radius 1 is 0.944 bits per heavy atom. The van der Waals surface area contributed by atoms with Crippen LogP contribution in [-0.4, -0.2) is 49.8 Å². The van der Waals surface area contributed by atoms with Gasteiger partial charge in [-0.1, -0.05) is 56.9 Å². The van der Waals surface area contributed by atoms with Gasteiger partial charge in [-0.05, 0) is 43.0 Å². The number of amides is 2. The van der Waals surface area contributed by atoms with Gasteiger partial charge in [-0.3, -0.25) is 0 Å². The minimum absolute atomic E-state index is 0.0452. The first-order valence-electron chi connectivity index (χ1n) is 12.7. The summed E-state index contributed by atoms with van der Waals surface area (Å²) in [6, 6.07) is 10.5. The first-order chi connectivity index (χ1) is 17.4. The molecule has 0 heterocycles. The Labute approximate surface area is 213 Å². The van der Waals surface area contributed by atoms with Crippen molar-refractivity contribution in [2.75, 3.05) is 32.1 Å². The van der Waals surface area contributed by atoms with Crippen molar-refractivity contribution in [1.82, 2.24) is 4.90 Å². The zero-order valence-corrected chi connectivity index (χ0v) is 21.5. The first-order valence-corrected chi connectivity index (χ1v) is 12.7. The van der Waals surface area contributed by atoms with E-state index in [1.165, 1.54) is 13.2 Å². The molecule has 0 aliphatic rings. The summed E-state index contributed by atoms with van der Waals surface area (Å²) in [5.74, 6) is -1.90. The molecule has 8 heteroatoms. The molecule has 0 aliphatic carbocycles. The smallest absolute Gasteiger partial charge is 0.335 e. The number of nitrogens with zero attached hydrogens (tertiary/aromatic N) is 1. The lowest BCUT2D eigenvalue weighted by Crippen LogP contribution is -2.37. The van der Waals surface area contributed by atoms with E-state index in [4.69, 9.17) is 9.47 Å². The number of carbonyl (C=O) groups is 2. The maximum absolute atomic E-state index is 14.1. The number of hydrogen-bond acceptors (Lipinski definition) is 4. The van der Waals surface area contributed by atoms with Crippen LogP contribution >= 0.6 is 0 Å². The Kier molecular flexibility index (Phi) is 12.9. The zero-order chi connectivity index (χ0) is 26.3. The van der Waals surface area contributed by atoms with Gasteiger partial charge in [-0.15, -0.1) is 0 Å². The lowest BCUT2D eigenvalue weighted by Gasteiger charge is -2.23. The number of nitrogens with one attached hydrogen (secondary N) is 1. The second kappa shape index (κ2) is 15.9. The summed E-state index contributed by atoms with van der Waals surface area (Å²) in [5, 5.41) is 2.57. The largest absolute Gasteiger partial charge is 0.467 e. The van der Waals surface area contributed by atoms with Crippen LogP contribution in [0.1, 0.15) is 57.1 Å². The molecular weight excluding hydrogens is 466 g/mol. The predicted molar refractivity (Wildman–Crippen MR) is 137 cm³/mol. The van der Waals surface area contributed by atoms with Crippen molar-refractivity contribution in [2.24, 2.45) is 0 Å². The highest BCUT2D eigenvalue weighted by Crippen LogP contribution is 2.17. The third-order valence-electron chi connectivity index (χ3n) is 5.94. The number of halogens is 2. The molecule has 1 atom stereocenters. The zero-order valence-electron chi connectivity index (χ0n) is 21.5. The lowest BCUT2D eigenvalue weighted by molar-refractivity contribution is -0.153. The summed E-state index contributed by atoms with van der Waals surface area (Å²) in [7, 11) is 1.34. The SMILES string of the molecule is CCCCCCCN(CCc1ccc(CC(OCC)C(=O)OC)cc1)C(=O)Nc1ccc(F)cc1F. The maximum atomic E-state index is 14.1. The van der Waals surface area contributed by atoms with E-state index in [9.17, 15) is 18.4 Å². The highest BCUT2D eigenvalue weighted by atomic mass is 19.1. The van der Waals surface area contributed by atoms with Crippen molar-refractivity contribution >= 4 is 17.7 Å². The van der Waals surface area contributed by atoms with Gasteiger partial charge in [0.1, 0.15) is 11.6 Å². The molecule has 0 bridgehead atoms. The predicted octanol–water partition coefficient (Wildman–Crippen LogP) is 6.13. The lowest BCUT2D eigenvalue weighted by atomic mass is 10.0. The molecule has 0 aromatic heterocycles. The van der Waals surface area contributed by atoms with Crippen molar-refractivity contribution in [3.8, 4) is 0 Å². The van der Waals surface area contributed by atoms with Crippen LogP contribution in [0.25, 0.3) is 0 Å². The maximum Gasteiger partial charge on any atom is 0.335 e. The van der Waals surface area contributed by atoms with Gasteiger partial charge in [0.05, 0.1) is 12.8 Å². The Morgan fingerprint density at radius 3 is 2.28 bits per heavy atom. The fourth-order valence-electron chi connectivity index (χ4n) is 3.87. The summed E-state index contributed by atoms with van der Waals surface area (Å²) in [6.07, 6.45) is 5.63. The second-order valence-electron chi connectivity index (χ2n) is 8.69. The molecular formula is C28H38F2N2O4. The highest BCUT2D eigenvalue weighted by Gasteiger charge is 2.20. The normalized spacial score (nSPS) is 11.7. The van der Waals surface area contributed by atoms with E-state index in [0.29, 0.717) is 32.5 Å². The molecule has 2 aromatic rings. The number of anilines is 1. The Hall–Kier alpha value is -3.00. The van der Waals surface area contributed by atoms with Crippen LogP contribution in [0, 0.1) is 11.6 Å². The van der Waals surface area contributed by atoms with Gasteiger partial charge in [0.2, 0.25) is 0 Å². The number of urea groups is 1. The average Bonchev–Trinajstić information content (AvgIpc) is 2.87. The molecule has 0 saturated heterocycles. The fraction of sp³-hybridized carbons (Fsp3) is 0.500. The average molecular weight is 505 g/mol. The third-order valence-corrected chi connectivity index (χ3v) is 5.94. The van der Waals surface area contributed by atoms with Crippen LogP contribution in [0.15, 0.2) is 42.5 Å². The van der Waals surface area contributed by atoms with Crippen molar-refractivity contribution in [1.29, 1.82) is 0 Å². The minimum Gasteiger partial charge on any atom is -0.467 e. The molecule has 0 aliphatic heterocycles. The molecule has 198 valence electrons. The molecule has 36 heavy (non-hydrogen) atoms. The summed E-state index contributed by atoms with van der Waals surface area (Å²) in [4.78, 5) is 26.5. The Morgan fingerprint density at radius 2 is 1.64 bits per heavy atom. The monoisotopic (exact) mass is 504 g/mol. The van der Waals surface area contributed by atoms with Crippen LogP contribution in [0.5, 0.6) is 0 Å². The number of carbonyl (C=O) groups excluding carboxylic acids is 2. The second-order valence-corrected chi connectivity index (χ2v) is 8.69. The van der Waals surface area contributed by atoms with Crippen molar-refractivity contribution in [2.45, 2.75) is 64.9 Å². The summed E-state index contributed by atoms with van der Waals surface area (Å²) >= 11 is 0. The summed E-state index contributed by atoms with van der Waals surface area (Å²) in [5.41, 5.74) is 1.93. The van der Waals surface area contributed by atoms with Crippen molar-refractivity contribution < 1.29 is 27.8 Å². The number of hydrogen-bond donors (Lipinski definition) is 1. The number of benzene rings is 2. The van der Waals surface area contributed by atoms with Crippen LogP contribution in [-0.2, 0) is 27.1 Å². The van der Waals surface area contributed by atoms with Crippen LogP contribution in [0.3, 0.4) is 0 Å². The number of unbranched alkanes of at least 4 members (excludes halogenated alkanes) is 4. The van der Waals surface area contributed by atoms with Gasteiger partial charge < -0.3 is 19.7 Å². The van der Waals surface area contributed by atoms with E-state index >= 15 is 0 Å². The van der Waals surface area contributed by atoms with E-state index in [0.717, 1.165) is 55.4 Å². The molecule has 2 rings (SSSR count). The molecule has 1 unspecified atom stereocenters. The fourth-order valence-corrected chi connectivity index (χ4v) is 3.87. The van der Waals surface area contributed by atoms with E-state index in [2.05, 4.69) is 12.2 Å². The van der Waals surface area contributed by atoms with Gasteiger partial charge in [-0.2, -0.15) is 0 Å². The summed E-state index contributed by atoms with van der Waals surface area (Å²) in [6.45, 7) is 5.39. The van der Waals surface area contributed by atoms with E-state index in [1.807, 2.05) is 31.2 Å². The molecule has 2 amide bonds.